The fraction of sp³-hybridized carbons (Fsp3) is 0.357. The van der Waals surface area contributed by atoms with E-state index in [1.807, 2.05) is 78.8 Å². The number of hydrogen-bond acceptors (Lipinski definition) is 9. The van der Waals surface area contributed by atoms with Crippen molar-refractivity contribution in [2.24, 2.45) is 0 Å². The summed E-state index contributed by atoms with van der Waals surface area (Å²) in [6, 6.07) is 17.9. The molecule has 0 radical (unpaired) electrons. The molecule has 1 aliphatic heterocycles. The van der Waals surface area contributed by atoms with Crippen LogP contribution in [-0.2, 0) is 27.8 Å². The van der Waals surface area contributed by atoms with E-state index in [1.54, 1.807) is 11.4 Å². The summed E-state index contributed by atoms with van der Waals surface area (Å²) in [4.78, 5) is 16.8. The van der Waals surface area contributed by atoms with Gasteiger partial charge in [0.1, 0.15) is 34.3 Å². The lowest BCUT2D eigenvalue weighted by Crippen LogP contribution is -2.27. The lowest BCUT2D eigenvalue weighted by atomic mass is 10.1. The second-order valence-corrected chi connectivity index (χ2v) is 11.6. The van der Waals surface area contributed by atoms with Crippen molar-refractivity contribution >= 4 is 27.4 Å². The normalized spacial score (nSPS) is 13.0. The molecule has 1 N–H and O–H groups in total. The van der Waals surface area contributed by atoms with E-state index in [0.717, 1.165) is 53.5 Å². The highest BCUT2D eigenvalue weighted by molar-refractivity contribution is 7.90. The van der Waals surface area contributed by atoms with E-state index in [-0.39, 0.29) is 5.75 Å². The van der Waals surface area contributed by atoms with Gasteiger partial charge in [-0.3, -0.25) is 9.90 Å². The number of benzene rings is 2. The summed E-state index contributed by atoms with van der Waals surface area (Å²) in [5, 5.41) is 5.16. The molecule has 202 valence electrons. The molecule has 0 amide bonds. The number of anilines is 2. The van der Waals surface area contributed by atoms with Gasteiger partial charge in [0.25, 0.3) is 0 Å². The van der Waals surface area contributed by atoms with Crippen molar-refractivity contribution in [2.45, 2.75) is 26.0 Å². The summed E-state index contributed by atoms with van der Waals surface area (Å²) >= 11 is 0. The molecule has 0 unspecified atom stereocenters. The van der Waals surface area contributed by atoms with Gasteiger partial charge in [-0.15, -0.1) is 0 Å². The van der Waals surface area contributed by atoms with Gasteiger partial charge in [-0.2, -0.15) is 0 Å². The highest BCUT2D eigenvalue weighted by atomic mass is 32.2. The van der Waals surface area contributed by atoms with Crippen LogP contribution in [-0.4, -0.2) is 67.1 Å². The minimum Gasteiger partial charge on any atom is -0.489 e. The number of hydroxylamine groups is 2. The minimum atomic E-state index is -2.93. The quantitative estimate of drug-likeness (QED) is 0.302. The van der Waals surface area contributed by atoms with E-state index in [1.165, 1.54) is 6.26 Å². The lowest BCUT2D eigenvalue weighted by Gasteiger charge is -2.25. The highest BCUT2D eigenvalue weighted by Gasteiger charge is 2.17. The first-order chi connectivity index (χ1) is 18.4. The Labute approximate surface area is 225 Å². The van der Waals surface area contributed by atoms with E-state index in [9.17, 15) is 8.42 Å². The SMILES string of the molecule is CN(CCCCON1C=Cc2c(ncnc2Nc2ccc(OCc3ccccc3)cc2)C1)CCS(C)(=O)=O. The van der Waals surface area contributed by atoms with Crippen LogP contribution in [0, 0.1) is 0 Å². The number of aromatic nitrogens is 2. The summed E-state index contributed by atoms with van der Waals surface area (Å²) in [7, 11) is -0.988. The zero-order valence-electron chi connectivity index (χ0n) is 21.9. The number of sulfone groups is 1. The van der Waals surface area contributed by atoms with E-state index < -0.39 is 9.84 Å². The first-order valence-electron chi connectivity index (χ1n) is 12.7. The molecule has 10 heteroatoms. The Morgan fingerprint density at radius 1 is 1.03 bits per heavy atom. The molecular formula is C28H35N5O4S. The molecule has 0 spiro atoms. The van der Waals surface area contributed by atoms with Gasteiger partial charge in [0.05, 0.1) is 24.6 Å². The third kappa shape index (κ3) is 8.83. The van der Waals surface area contributed by atoms with Crippen molar-refractivity contribution in [3.63, 3.8) is 0 Å². The summed E-state index contributed by atoms with van der Waals surface area (Å²) in [5.74, 6) is 1.73. The maximum atomic E-state index is 11.3. The molecule has 1 aromatic heterocycles. The average molecular weight is 538 g/mol. The summed E-state index contributed by atoms with van der Waals surface area (Å²) in [6.45, 7) is 3.02. The molecule has 0 fully saturated rings. The number of unbranched alkanes of at least 4 members (excludes halogenated alkanes) is 1. The molecule has 0 saturated carbocycles. The van der Waals surface area contributed by atoms with Crippen molar-refractivity contribution in [1.29, 1.82) is 0 Å². The number of rotatable bonds is 14. The van der Waals surface area contributed by atoms with Crippen molar-refractivity contribution in [2.75, 3.05) is 44.1 Å². The molecule has 38 heavy (non-hydrogen) atoms. The molecule has 9 nitrogen and oxygen atoms in total. The summed E-state index contributed by atoms with van der Waals surface area (Å²) in [5.41, 5.74) is 3.85. The predicted octanol–water partition coefficient (Wildman–Crippen LogP) is 4.27. The van der Waals surface area contributed by atoms with Crippen LogP contribution in [0.3, 0.4) is 0 Å². The number of nitrogens with one attached hydrogen (secondary N) is 1. The standard InChI is InChI=1S/C28H35N5O4S/c1-32(17-19-38(2,34)35)15-6-7-18-37-33-16-14-26-27(20-33)29-22-30-28(26)31-24-10-12-25(13-11-24)36-21-23-8-4-3-5-9-23/h3-5,8-14,16,22H,6-7,15,17-21H2,1-2H3,(H,29,30,31). The number of ether oxygens (including phenoxy) is 1. The number of hydrogen-bond donors (Lipinski definition) is 1. The van der Waals surface area contributed by atoms with Crippen LogP contribution in [0.2, 0.25) is 0 Å². The Morgan fingerprint density at radius 3 is 2.58 bits per heavy atom. The monoisotopic (exact) mass is 537 g/mol. The van der Waals surface area contributed by atoms with Gasteiger partial charge in [0.15, 0.2) is 0 Å². The zero-order chi connectivity index (χ0) is 26.8. The second-order valence-electron chi connectivity index (χ2n) is 9.37. The maximum absolute atomic E-state index is 11.3. The molecule has 0 atom stereocenters. The van der Waals surface area contributed by atoms with Crippen LogP contribution in [0.5, 0.6) is 5.75 Å². The topological polar surface area (TPSA) is 96.9 Å². The van der Waals surface area contributed by atoms with Gasteiger partial charge in [-0.05, 0) is 62.3 Å². The lowest BCUT2D eigenvalue weighted by molar-refractivity contribution is -0.129. The third-order valence-corrected chi connectivity index (χ3v) is 7.00. The van der Waals surface area contributed by atoms with Gasteiger partial charge in [0.2, 0.25) is 0 Å². The van der Waals surface area contributed by atoms with Crippen LogP contribution in [0.1, 0.15) is 29.7 Å². The van der Waals surface area contributed by atoms with Crippen LogP contribution < -0.4 is 10.1 Å². The highest BCUT2D eigenvalue weighted by Crippen LogP contribution is 2.27. The summed E-state index contributed by atoms with van der Waals surface area (Å²) < 4.78 is 28.4. The molecule has 0 aliphatic carbocycles. The first-order valence-corrected chi connectivity index (χ1v) is 14.7. The van der Waals surface area contributed by atoms with Crippen molar-refractivity contribution in [3.05, 3.63) is 83.9 Å². The van der Waals surface area contributed by atoms with Gasteiger partial charge < -0.3 is 15.0 Å². The van der Waals surface area contributed by atoms with Crippen LogP contribution in [0.4, 0.5) is 11.5 Å². The van der Waals surface area contributed by atoms with E-state index in [4.69, 9.17) is 9.57 Å². The number of nitrogens with zero attached hydrogens (tertiary/aromatic N) is 4. The third-order valence-electron chi connectivity index (χ3n) is 6.08. The maximum Gasteiger partial charge on any atom is 0.148 e. The van der Waals surface area contributed by atoms with Gasteiger partial charge >= 0.3 is 0 Å². The van der Waals surface area contributed by atoms with E-state index in [0.29, 0.717) is 26.3 Å². The fourth-order valence-corrected chi connectivity index (χ4v) is 4.53. The van der Waals surface area contributed by atoms with Crippen LogP contribution in [0.25, 0.3) is 6.08 Å². The molecular weight excluding hydrogens is 502 g/mol. The first kappa shape index (κ1) is 27.6. The largest absolute Gasteiger partial charge is 0.489 e. The molecule has 4 rings (SSSR count). The smallest absolute Gasteiger partial charge is 0.148 e. The Hall–Kier alpha value is -3.47. The molecule has 2 heterocycles. The Balaban J connectivity index is 1.22. The fourth-order valence-electron chi connectivity index (χ4n) is 3.89. The van der Waals surface area contributed by atoms with E-state index in [2.05, 4.69) is 15.3 Å². The molecule has 1 aliphatic rings. The molecule has 3 aromatic rings. The van der Waals surface area contributed by atoms with Gasteiger partial charge in [0, 0.05) is 30.3 Å². The molecule has 2 aromatic carbocycles. The Bertz CT molecular complexity index is 1300. The predicted molar refractivity (Wildman–Crippen MR) is 150 cm³/mol. The molecule has 0 bridgehead atoms. The van der Waals surface area contributed by atoms with Crippen LogP contribution in [0.15, 0.2) is 67.1 Å². The minimum absolute atomic E-state index is 0.186. The summed E-state index contributed by atoms with van der Waals surface area (Å²) in [6.07, 6.45) is 8.49. The molecule has 0 saturated heterocycles. The average Bonchev–Trinajstić information content (AvgIpc) is 2.91. The van der Waals surface area contributed by atoms with Gasteiger partial charge in [-0.1, -0.05) is 30.3 Å². The number of fused-ring (bicyclic) bond motifs is 1. The van der Waals surface area contributed by atoms with E-state index >= 15 is 0 Å². The van der Waals surface area contributed by atoms with Crippen molar-refractivity contribution in [3.8, 4) is 5.75 Å². The van der Waals surface area contributed by atoms with Crippen molar-refractivity contribution < 1.29 is 18.0 Å². The zero-order valence-corrected chi connectivity index (χ0v) is 22.7. The van der Waals surface area contributed by atoms with Crippen molar-refractivity contribution in [1.82, 2.24) is 19.9 Å². The second kappa shape index (κ2) is 13.4. The Morgan fingerprint density at radius 2 is 1.82 bits per heavy atom. The van der Waals surface area contributed by atoms with Crippen LogP contribution >= 0.6 is 0 Å². The van der Waals surface area contributed by atoms with Gasteiger partial charge in [-0.25, -0.2) is 18.4 Å². The Kier molecular flexibility index (Phi) is 9.69.